The van der Waals surface area contributed by atoms with Gasteiger partial charge in [-0.3, -0.25) is 37.3 Å². The molecule has 2 amide bonds. The van der Waals surface area contributed by atoms with Crippen LogP contribution in [0, 0.1) is 5.41 Å². The number of rotatable bonds is 24. The lowest BCUT2D eigenvalue weighted by atomic mass is 9.87. The van der Waals surface area contributed by atoms with Gasteiger partial charge in [0.05, 0.1) is 31.3 Å². The molecule has 32 heteroatoms. The molecule has 1 aliphatic heterocycles. The number of nitrogens with two attached hydrogens (primary N) is 2. The van der Waals surface area contributed by atoms with Gasteiger partial charge >= 0.3 is 29.4 Å². The number of hydrogen-bond acceptors (Lipinski definition) is 21. The number of fused-ring (bicyclic) bond motifs is 1. The molecular weight excluding hydrogens is 885 g/mol. The molecule has 1 saturated heterocycles. The van der Waals surface area contributed by atoms with Crippen molar-refractivity contribution in [2.45, 2.75) is 57.0 Å². The number of carboxylic acids is 1. The molecule has 8 unspecified atom stereocenters. The Kier molecular flexibility index (Phi) is 18.2. The lowest BCUT2D eigenvalue weighted by Crippen LogP contribution is -2.46. The van der Waals surface area contributed by atoms with Gasteiger partial charge in [-0.1, -0.05) is 25.6 Å². The normalized spacial score (nSPS) is 21.8. The SMILES string of the molecule is CC(C)(COP(=O)(O)OP(=O)(O)OCC1OC(n2cnc3c(N)ncnc32)C(O)C1OP(=O)(O)O)C(O)C(=O)NCCC(=O)NCCSC(=O)C(N)CSCC(=O)O. The average molecular weight is 929 g/mol. The van der Waals surface area contributed by atoms with E-state index in [-0.39, 0.29) is 58.9 Å². The summed E-state index contributed by atoms with van der Waals surface area (Å²) < 4.78 is 62.0. The first-order chi connectivity index (χ1) is 26.8. The van der Waals surface area contributed by atoms with Gasteiger partial charge in [0.25, 0.3) is 0 Å². The molecule has 2 aromatic heterocycles. The fourth-order valence-electron chi connectivity index (χ4n) is 4.73. The van der Waals surface area contributed by atoms with Gasteiger partial charge in [0.15, 0.2) is 17.7 Å². The first-order valence-corrected chi connectivity index (χ1v) is 23.1. The van der Waals surface area contributed by atoms with Crippen molar-refractivity contribution in [3.63, 3.8) is 0 Å². The summed E-state index contributed by atoms with van der Waals surface area (Å²) in [5.74, 6) is -2.55. The van der Waals surface area contributed by atoms with Crippen molar-refractivity contribution in [2.24, 2.45) is 11.1 Å². The quantitative estimate of drug-likeness (QED) is 0.0393. The Bertz CT molecular complexity index is 1920. The van der Waals surface area contributed by atoms with Crippen LogP contribution in [0.5, 0.6) is 0 Å². The number of amides is 2. The number of phosphoric acid groups is 3. The molecule has 8 atom stereocenters. The van der Waals surface area contributed by atoms with E-state index in [2.05, 4.69) is 34.4 Å². The van der Waals surface area contributed by atoms with E-state index in [4.69, 9.17) is 30.4 Å². The highest BCUT2D eigenvalue weighted by Gasteiger charge is 2.50. The van der Waals surface area contributed by atoms with E-state index < -0.39 is 96.6 Å². The van der Waals surface area contributed by atoms with Crippen LogP contribution < -0.4 is 22.1 Å². The standard InChI is InChI=1S/C26H43N8O19P3S2/c1-26(2,20(39)23(40)30-4-3-15(35)29-5-6-58-25(41)13(27)8-57-9-16(36)37)10-50-56(47,48)53-55(45,46)49-7-14-19(52-54(42,43)44)18(38)24(51-14)34-12-33-17-21(28)31-11-32-22(17)34/h11-14,18-20,24,38-39H,3-10,27H2,1-2H3,(H,29,35)(H,30,40)(H,36,37)(H,45,46)(H,47,48)(H2,28,31,32)(H2,42,43,44). The summed E-state index contributed by atoms with van der Waals surface area (Å²) in [6, 6.07) is -0.887. The van der Waals surface area contributed by atoms with Crippen molar-refractivity contribution in [1.82, 2.24) is 30.2 Å². The van der Waals surface area contributed by atoms with E-state index in [1.54, 1.807) is 0 Å². The molecule has 2 aromatic rings. The van der Waals surface area contributed by atoms with E-state index >= 15 is 0 Å². The van der Waals surface area contributed by atoms with Gasteiger partial charge in [-0.2, -0.15) is 4.31 Å². The maximum Gasteiger partial charge on any atom is 0.481 e. The van der Waals surface area contributed by atoms with Gasteiger partial charge in [0.1, 0.15) is 36.3 Å². The zero-order valence-corrected chi connectivity index (χ0v) is 34.7. The summed E-state index contributed by atoms with van der Waals surface area (Å²) in [6.45, 7) is 0.187. The number of carboxylic acid groups (broad SMARTS) is 1. The molecule has 0 spiro atoms. The van der Waals surface area contributed by atoms with Crippen LogP contribution in [0.1, 0.15) is 26.5 Å². The highest BCUT2D eigenvalue weighted by Crippen LogP contribution is 2.61. The van der Waals surface area contributed by atoms with Gasteiger partial charge in [0, 0.05) is 36.4 Å². The smallest absolute Gasteiger partial charge is 0.481 e. The number of carbonyl (C=O) groups excluding carboxylic acids is 3. The third kappa shape index (κ3) is 15.4. The number of phosphoric ester groups is 3. The first-order valence-electron chi connectivity index (χ1n) is 16.4. The third-order valence-electron chi connectivity index (χ3n) is 7.57. The summed E-state index contributed by atoms with van der Waals surface area (Å²) >= 11 is 1.84. The number of nitrogens with one attached hydrogen (secondary N) is 2. The zero-order valence-electron chi connectivity index (χ0n) is 30.4. The molecule has 328 valence electrons. The van der Waals surface area contributed by atoms with Gasteiger partial charge in [-0.15, -0.1) is 11.8 Å². The number of hydrogen-bond donors (Lipinski definition) is 11. The van der Waals surface area contributed by atoms with Crippen molar-refractivity contribution < 1.29 is 90.4 Å². The summed E-state index contributed by atoms with van der Waals surface area (Å²) in [5, 5.41) is 34.5. The van der Waals surface area contributed by atoms with Gasteiger partial charge in [-0.05, 0) is 0 Å². The number of nitrogens with zero attached hydrogens (tertiary/aromatic N) is 4. The van der Waals surface area contributed by atoms with Crippen LogP contribution in [0.3, 0.4) is 0 Å². The number of aliphatic hydroxyl groups excluding tert-OH is 2. The van der Waals surface area contributed by atoms with Crippen molar-refractivity contribution in [1.29, 1.82) is 0 Å². The Morgan fingerprint density at radius 2 is 1.72 bits per heavy atom. The molecule has 1 fully saturated rings. The second kappa shape index (κ2) is 21.2. The van der Waals surface area contributed by atoms with E-state index in [9.17, 15) is 62.7 Å². The number of ether oxygens (including phenoxy) is 1. The van der Waals surface area contributed by atoms with Gasteiger partial charge in [-0.25, -0.2) is 28.6 Å². The summed E-state index contributed by atoms with van der Waals surface area (Å²) in [6.07, 6.45) is -7.11. The average Bonchev–Trinajstić information content (AvgIpc) is 3.67. The number of thioether (sulfide) groups is 2. The number of aromatic nitrogens is 4. The molecule has 27 nitrogen and oxygen atoms in total. The van der Waals surface area contributed by atoms with Gasteiger partial charge in [0.2, 0.25) is 16.9 Å². The van der Waals surface area contributed by atoms with E-state index in [0.29, 0.717) is 0 Å². The zero-order chi connectivity index (χ0) is 43.6. The molecule has 13 N–H and O–H groups in total. The van der Waals surface area contributed by atoms with Crippen LogP contribution in [0.25, 0.3) is 11.2 Å². The van der Waals surface area contributed by atoms with E-state index in [1.807, 2.05) is 0 Å². The number of anilines is 1. The molecule has 0 aliphatic carbocycles. The van der Waals surface area contributed by atoms with E-state index in [1.165, 1.54) is 13.8 Å². The molecule has 3 rings (SSSR count). The van der Waals surface area contributed by atoms with Crippen molar-refractivity contribution in [3.05, 3.63) is 12.7 Å². The summed E-state index contributed by atoms with van der Waals surface area (Å²) in [4.78, 5) is 98.1. The number of imidazole rings is 1. The number of aliphatic hydroxyl groups is 2. The Morgan fingerprint density at radius 3 is 2.38 bits per heavy atom. The fourth-order valence-corrected chi connectivity index (χ4v) is 9.07. The Labute approximate surface area is 336 Å². The predicted molar refractivity (Wildman–Crippen MR) is 200 cm³/mol. The third-order valence-corrected chi connectivity index (χ3v) is 12.7. The minimum atomic E-state index is -5.59. The lowest BCUT2D eigenvalue weighted by molar-refractivity contribution is -0.137. The highest BCUT2D eigenvalue weighted by atomic mass is 32.2. The second-order valence-electron chi connectivity index (χ2n) is 12.8. The van der Waals surface area contributed by atoms with Crippen LogP contribution in [0.15, 0.2) is 12.7 Å². The van der Waals surface area contributed by atoms with Crippen molar-refractivity contribution in [2.75, 3.05) is 49.3 Å². The summed E-state index contributed by atoms with van der Waals surface area (Å²) in [7, 11) is -16.5. The Balaban J connectivity index is 1.46. The molecule has 0 bridgehead atoms. The Morgan fingerprint density at radius 1 is 1.05 bits per heavy atom. The molecule has 58 heavy (non-hydrogen) atoms. The lowest BCUT2D eigenvalue weighted by Gasteiger charge is -2.30. The van der Waals surface area contributed by atoms with Crippen LogP contribution in [-0.4, -0.2) is 151 Å². The second-order valence-corrected chi connectivity index (χ2v) is 19.1. The first kappa shape index (κ1) is 49.7. The fraction of sp³-hybridized carbons (Fsp3) is 0.654. The minimum Gasteiger partial charge on any atom is -0.481 e. The molecular formula is C26H43N8O19P3S2. The predicted octanol–water partition coefficient (Wildman–Crippen LogP) is -2.19. The van der Waals surface area contributed by atoms with Crippen LogP contribution in [-0.2, 0) is 55.5 Å². The van der Waals surface area contributed by atoms with Crippen molar-refractivity contribution in [3.8, 4) is 0 Å². The number of nitrogen functional groups attached to an aromatic ring is 1. The minimum absolute atomic E-state index is 0.0181. The monoisotopic (exact) mass is 928 g/mol. The topological polar surface area (TPSA) is 427 Å². The maximum atomic E-state index is 12.7. The van der Waals surface area contributed by atoms with Gasteiger partial charge < -0.3 is 61.7 Å². The molecule has 0 saturated carbocycles. The van der Waals surface area contributed by atoms with Crippen LogP contribution in [0.2, 0.25) is 0 Å². The van der Waals surface area contributed by atoms with Crippen LogP contribution >= 0.6 is 47.0 Å². The summed E-state index contributed by atoms with van der Waals surface area (Å²) in [5.41, 5.74) is 9.90. The molecule has 3 heterocycles. The van der Waals surface area contributed by atoms with Crippen LogP contribution in [0.4, 0.5) is 5.82 Å². The van der Waals surface area contributed by atoms with Crippen molar-refractivity contribution >= 4 is 86.9 Å². The highest BCUT2D eigenvalue weighted by molar-refractivity contribution is 8.13. The largest absolute Gasteiger partial charge is 0.481 e. The maximum absolute atomic E-state index is 12.7. The number of aliphatic carboxylic acids is 1. The molecule has 1 aliphatic rings. The Hall–Kier alpha value is -2.66. The number of carbonyl (C=O) groups is 4. The molecule has 0 aromatic carbocycles. The van der Waals surface area contributed by atoms with E-state index in [0.717, 1.165) is 40.7 Å². The molecule has 0 radical (unpaired) electrons.